The third kappa shape index (κ3) is 2.58. The van der Waals surface area contributed by atoms with Crippen molar-refractivity contribution in [3.8, 4) is 0 Å². The van der Waals surface area contributed by atoms with Crippen LogP contribution in [-0.2, 0) is 0 Å². The normalized spacial score (nSPS) is 20.8. The number of rotatable bonds is 2. The Balaban J connectivity index is 1.61. The Bertz CT molecular complexity index is 502. The van der Waals surface area contributed by atoms with Gasteiger partial charge in [0.15, 0.2) is 0 Å². The molecule has 108 valence electrons. The lowest BCUT2D eigenvalue weighted by Gasteiger charge is -2.46. The summed E-state index contributed by atoms with van der Waals surface area (Å²) in [6, 6.07) is 6.67. The number of nitrogens with zero attached hydrogens (tertiary/aromatic N) is 2. The second kappa shape index (κ2) is 5.54. The van der Waals surface area contributed by atoms with Gasteiger partial charge in [0.2, 0.25) is 0 Å². The summed E-state index contributed by atoms with van der Waals surface area (Å²) in [5.41, 5.74) is 3.09. The van der Waals surface area contributed by atoms with Crippen LogP contribution in [0.4, 0.5) is 0 Å². The van der Waals surface area contributed by atoms with Crippen molar-refractivity contribution in [2.24, 2.45) is 0 Å². The van der Waals surface area contributed by atoms with Gasteiger partial charge in [0.25, 0.3) is 5.91 Å². The molecule has 0 spiro atoms. The summed E-state index contributed by atoms with van der Waals surface area (Å²) in [6.07, 6.45) is 0. The van der Waals surface area contributed by atoms with Crippen LogP contribution in [0.3, 0.4) is 0 Å². The SMILES string of the molecule is Cc1ccc(C)c(C(=O)N2CC(N3CCNCC3)C2)c1. The van der Waals surface area contributed by atoms with Crippen LogP contribution in [0.2, 0.25) is 0 Å². The predicted octanol–water partition coefficient (Wildman–Crippen LogP) is 1.03. The van der Waals surface area contributed by atoms with Gasteiger partial charge in [-0.25, -0.2) is 0 Å². The minimum atomic E-state index is 0.192. The lowest BCUT2D eigenvalue weighted by Crippen LogP contribution is -2.63. The van der Waals surface area contributed by atoms with E-state index in [9.17, 15) is 4.79 Å². The fourth-order valence-electron chi connectivity index (χ4n) is 3.04. The van der Waals surface area contributed by atoms with Crippen molar-refractivity contribution in [3.63, 3.8) is 0 Å². The third-order valence-corrected chi connectivity index (χ3v) is 4.44. The van der Waals surface area contributed by atoms with Crippen LogP contribution >= 0.6 is 0 Å². The maximum atomic E-state index is 12.5. The van der Waals surface area contributed by atoms with E-state index in [0.717, 1.165) is 56.0 Å². The molecule has 1 aromatic carbocycles. The van der Waals surface area contributed by atoms with Gasteiger partial charge in [-0.15, -0.1) is 0 Å². The van der Waals surface area contributed by atoms with Crippen LogP contribution in [-0.4, -0.2) is 61.0 Å². The molecule has 2 aliphatic heterocycles. The Hall–Kier alpha value is -1.39. The van der Waals surface area contributed by atoms with Gasteiger partial charge in [-0.3, -0.25) is 9.69 Å². The topological polar surface area (TPSA) is 35.6 Å². The van der Waals surface area contributed by atoms with Crippen LogP contribution in [0.1, 0.15) is 21.5 Å². The van der Waals surface area contributed by atoms with Crippen molar-refractivity contribution in [1.82, 2.24) is 15.1 Å². The Labute approximate surface area is 120 Å². The predicted molar refractivity (Wildman–Crippen MR) is 80.1 cm³/mol. The van der Waals surface area contributed by atoms with Crippen molar-refractivity contribution in [2.45, 2.75) is 19.9 Å². The molecule has 4 nitrogen and oxygen atoms in total. The van der Waals surface area contributed by atoms with Crippen LogP contribution < -0.4 is 5.32 Å². The van der Waals surface area contributed by atoms with Crippen LogP contribution in [0.15, 0.2) is 18.2 Å². The number of hydrogen-bond acceptors (Lipinski definition) is 3. The van der Waals surface area contributed by atoms with E-state index in [-0.39, 0.29) is 5.91 Å². The van der Waals surface area contributed by atoms with E-state index in [1.54, 1.807) is 0 Å². The molecule has 1 amide bonds. The first-order valence-corrected chi connectivity index (χ1v) is 7.46. The van der Waals surface area contributed by atoms with Crippen molar-refractivity contribution >= 4 is 5.91 Å². The van der Waals surface area contributed by atoms with Crippen LogP contribution in [0, 0.1) is 13.8 Å². The quantitative estimate of drug-likeness (QED) is 0.874. The highest BCUT2D eigenvalue weighted by Gasteiger charge is 2.35. The molecule has 20 heavy (non-hydrogen) atoms. The van der Waals surface area contributed by atoms with Crippen LogP contribution in [0.5, 0.6) is 0 Å². The summed E-state index contributed by atoms with van der Waals surface area (Å²) in [6.45, 7) is 10.2. The minimum Gasteiger partial charge on any atom is -0.335 e. The second-order valence-corrected chi connectivity index (χ2v) is 5.97. The molecule has 1 N–H and O–H groups in total. The molecule has 4 heteroatoms. The third-order valence-electron chi connectivity index (χ3n) is 4.44. The van der Waals surface area contributed by atoms with E-state index >= 15 is 0 Å². The number of benzene rings is 1. The highest BCUT2D eigenvalue weighted by molar-refractivity contribution is 5.96. The number of likely N-dealkylation sites (tertiary alicyclic amines) is 1. The van der Waals surface area contributed by atoms with Gasteiger partial charge in [0.05, 0.1) is 0 Å². The van der Waals surface area contributed by atoms with Gasteiger partial charge >= 0.3 is 0 Å². The maximum Gasteiger partial charge on any atom is 0.254 e. The first kappa shape index (κ1) is 13.6. The molecule has 2 aliphatic rings. The number of piperazine rings is 1. The second-order valence-electron chi connectivity index (χ2n) is 5.97. The molecule has 2 fully saturated rings. The Morgan fingerprint density at radius 1 is 1.20 bits per heavy atom. The first-order chi connectivity index (χ1) is 9.65. The fraction of sp³-hybridized carbons (Fsp3) is 0.562. The summed E-state index contributed by atoms with van der Waals surface area (Å²) in [4.78, 5) is 17.0. The summed E-state index contributed by atoms with van der Waals surface area (Å²) >= 11 is 0. The van der Waals surface area contributed by atoms with Gasteiger partial charge in [-0.1, -0.05) is 17.7 Å². The number of carbonyl (C=O) groups is 1. The minimum absolute atomic E-state index is 0.192. The Morgan fingerprint density at radius 2 is 1.90 bits per heavy atom. The molecule has 2 heterocycles. The largest absolute Gasteiger partial charge is 0.335 e. The number of amides is 1. The molecule has 0 saturated carbocycles. The number of nitrogens with one attached hydrogen (secondary N) is 1. The van der Waals surface area contributed by atoms with E-state index in [2.05, 4.69) is 16.3 Å². The molecule has 0 atom stereocenters. The molecular weight excluding hydrogens is 250 g/mol. The zero-order chi connectivity index (χ0) is 14.1. The van der Waals surface area contributed by atoms with E-state index in [0.29, 0.717) is 6.04 Å². The highest BCUT2D eigenvalue weighted by Crippen LogP contribution is 2.20. The molecular formula is C16H23N3O. The highest BCUT2D eigenvalue weighted by atomic mass is 16.2. The molecule has 0 aromatic heterocycles. The van der Waals surface area contributed by atoms with Crippen molar-refractivity contribution in [2.75, 3.05) is 39.3 Å². The standard InChI is InChI=1S/C16H23N3O/c1-12-3-4-13(2)15(9-12)16(20)19-10-14(11-19)18-7-5-17-6-8-18/h3-4,9,14,17H,5-8,10-11H2,1-2H3. The van der Waals surface area contributed by atoms with Crippen molar-refractivity contribution in [3.05, 3.63) is 34.9 Å². The maximum absolute atomic E-state index is 12.5. The van der Waals surface area contributed by atoms with E-state index in [1.165, 1.54) is 0 Å². The molecule has 2 saturated heterocycles. The van der Waals surface area contributed by atoms with Crippen molar-refractivity contribution < 1.29 is 4.79 Å². The number of carbonyl (C=O) groups excluding carboxylic acids is 1. The molecule has 1 aromatic rings. The van der Waals surface area contributed by atoms with Gasteiger partial charge < -0.3 is 10.2 Å². The zero-order valence-corrected chi connectivity index (χ0v) is 12.4. The molecule has 0 aliphatic carbocycles. The van der Waals surface area contributed by atoms with Gasteiger partial charge in [-0.2, -0.15) is 0 Å². The molecule has 0 unspecified atom stereocenters. The summed E-state index contributed by atoms with van der Waals surface area (Å²) in [7, 11) is 0. The van der Waals surface area contributed by atoms with Gasteiger partial charge in [0, 0.05) is 50.9 Å². The average molecular weight is 273 g/mol. The van der Waals surface area contributed by atoms with Gasteiger partial charge in [0.1, 0.15) is 0 Å². The Kier molecular flexibility index (Phi) is 3.76. The van der Waals surface area contributed by atoms with E-state index < -0.39 is 0 Å². The smallest absolute Gasteiger partial charge is 0.254 e. The summed E-state index contributed by atoms with van der Waals surface area (Å²) < 4.78 is 0. The summed E-state index contributed by atoms with van der Waals surface area (Å²) in [5, 5.41) is 3.37. The van der Waals surface area contributed by atoms with E-state index in [1.807, 2.05) is 30.9 Å². The average Bonchev–Trinajstić information content (AvgIpc) is 2.41. The van der Waals surface area contributed by atoms with E-state index in [4.69, 9.17) is 0 Å². The molecule has 0 radical (unpaired) electrons. The lowest BCUT2D eigenvalue weighted by atomic mass is 10.0. The summed E-state index contributed by atoms with van der Waals surface area (Å²) in [5.74, 6) is 0.192. The molecule has 3 rings (SSSR count). The van der Waals surface area contributed by atoms with Crippen LogP contribution in [0.25, 0.3) is 0 Å². The number of aryl methyl sites for hydroxylation is 2. The monoisotopic (exact) mass is 273 g/mol. The van der Waals surface area contributed by atoms with Gasteiger partial charge in [-0.05, 0) is 25.5 Å². The zero-order valence-electron chi connectivity index (χ0n) is 12.4. The fourth-order valence-corrected chi connectivity index (χ4v) is 3.04. The van der Waals surface area contributed by atoms with Crippen molar-refractivity contribution in [1.29, 1.82) is 0 Å². The lowest BCUT2D eigenvalue weighted by molar-refractivity contribution is 0.0226. The first-order valence-electron chi connectivity index (χ1n) is 7.46. The number of hydrogen-bond donors (Lipinski definition) is 1. The Morgan fingerprint density at radius 3 is 2.60 bits per heavy atom. The molecule has 0 bridgehead atoms.